The Balaban J connectivity index is 2.78. The van der Waals surface area contributed by atoms with Crippen LogP contribution in [-0.4, -0.2) is 14.2 Å². The summed E-state index contributed by atoms with van der Waals surface area (Å²) in [5.41, 5.74) is 0.515. The molecule has 0 unspecified atom stereocenters. The summed E-state index contributed by atoms with van der Waals surface area (Å²) < 4.78 is 10.9. The molecule has 0 atom stereocenters. The molecule has 0 aliphatic rings. The van der Waals surface area contributed by atoms with Gasteiger partial charge in [-0.15, -0.1) is 0 Å². The topological polar surface area (TPSA) is 45.4 Å². The molecule has 1 aromatic carbocycles. The maximum absolute atomic E-state index is 11.7. The lowest BCUT2D eigenvalue weighted by atomic mass is 10.2. The molecule has 4 nitrogen and oxygen atoms in total. The lowest BCUT2D eigenvalue weighted by Gasteiger charge is -2.07. The lowest BCUT2D eigenvalue weighted by molar-refractivity contribution is -0.577. The van der Waals surface area contributed by atoms with Crippen LogP contribution in [0.2, 0.25) is 0 Å². The van der Waals surface area contributed by atoms with Gasteiger partial charge in [0.1, 0.15) is 0 Å². The Morgan fingerprint density at radius 2 is 2.00 bits per heavy atom. The van der Waals surface area contributed by atoms with E-state index in [1.54, 1.807) is 19.2 Å². The van der Waals surface area contributed by atoms with Crippen LogP contribution in [-0.2, 0) is 0 Å². The van der Waals surface area contributed by atoms with E-state index in [0.717, 1.165) is 10.1 Å². The molecule has 1 heterocycles. The molecule has 0 aliphatic carbocycles. The molecule has 0 spiro atoms. The standard InChI is InChI=1S/C11H11NO3/c1-14-9-6-8-4-3-5-10(15-2)11(8)12(13)7-9/h3-7H,1-2H3. The Morgan fingerprint density at radius 3 is 2.67 bits per heavy atom. The maximum atomic E-state index is 11.7. The zero-order valence-electron chi connectivity index (χ0n) is 8.56. The van der Waals surface area contributed by atoms with E-state index in [4.69, 9.17) is 9.47 Å². The number of rotatable bonds is 2. The molecule has 78 valence electrons. The molecule has 0 aliphatic heterocycles. The number of para-hydroxylation sites is 1. The van der Waals surface area contributed by atoms with E-state index in [0.29, 0.717) is 17.0 Å². The molecule has 0 N–H and O–H groups in total. The number of fused-ring (bicyclic) bond motifs is 1. The summed E-state index contributed by atoms with van der Waals surface area (Å²) in [7, 11) is 3.07. The minimum absolute atomic E-state index is 0.515. The molecule has 4 heteroatoms. The highest BCUT2D eigenvalue weighted by molar-refractivity contribution is 5.82. The van der Waals surface area contributed by atoms with Crippen LogP contribution < -0.4 is 14.2 Å². The van der Waals surface area contributed by atoms with Gasteiger partial charge in [0.15, 0.2) is 11.5 Å². The van der Waals surface area contributed by atoms with Gasteiger partial charge in [0.2, 0.25) is 6.20 Å². The number of ether oxygens (including phenoxy) is 2. The normalized spacial score (nSPS) is 10.3. The highest BCUT2D eigenvalue weighted by Gasteiger charge is 2.12. The van der Waals surface area contributed by atoms with Crippen LogP contribution in [0.1, 0.15) is 0 Å². The van der Waals surface area contributed by atoms with Crippen molar-refractivity contribution in [2.24, 2.45) is 0 Å². The molecule has 0 radical (unpaired) electrons. The number of aromatic nitrogens is 1. The summed E-state index contributed by atoms with van der Waals surface area (Å²) in [6.07, 6.45) is 1.38. The van der Waals surface area contributed by atoms with Gasteiger partial charge in [-0.1, -0.05) is 6.07 Å². The molecule has 0 saturated heterocycles. The van der Waals surface area contributed by atoms with Gasteiger partial charge in [-0.05, 0) is 12.1 Å². The van der Waals surface area contributed by atoms with Crippen molar-refractivity contribution in [2.45, 2.75) is 0 Å². The minimum atomic E-state index is 0.515. The van der Waals surface area contributed by atoms with Crippen LogP contribution in [0.3, 0.4) is 0 Å². The fourth-order valence-corrected chi connectivity index (χ4v) is 1.54. The molecular formula is C11H11NO3. The second kappa shape index (κ2) is 3.65. The summed E-state index contributed by atoms with van der Waals surface area (Å²) >= 11 is 0. The monoisotopic (exact) mass is 205 g/mol. The van der Waals surface area contributed by atoms with Crippen LogP contribution in [0.15, 0.2) is 30.5 Å². The number of hydrogen-bond acceptors (Lipinski definition) is 3. The van der Waals surface area contributed by atoms with Crippen LogP contribution in [0.25, 0.3) is 10.9 Å². The van der Waals surface area contributed by atoms with Gasteiger partial charge in [-0.25, -0.2) is 0 Å². The van der Waals surface area contributed by atoms with E-state index in [1.807, 2.05) is 12.1 Å². The van der Waals surface area contributed by atoms with Gasteiger partial charge in [-0.3, -0.25) is 0 Å². The molecule has 15 heavy (non-hydrogen) atoms. The highest BCUT2D eigenvalue weighted by Crippen LogP contribution is 2.24. The zero-order chi connectivity index (χ0) is 10.8. The van der Waals surface area contributed by atoms with Crippen LogP contribution >= 0.6 is 0 Å². The molecule has 0 amide bonds. The fourth-order valence-electron chi connectivity index (χ4n) is 1.54. The SMILES string of the molecule is COc1cc2cccc(OC)c2[n+]([O-])c1. The van der Waals surface area contributed by atoms with Gasteiger partial charge < -0.3 is 14.7 Å². The van der Waals surface area contributed by atoms with Crippen molar-refractivity contribution in [1.82, 2.24) is 0 Å². The number of methoxy groups -OCH3 is 2. The van der Waals surface area contributed by atoms with Gasteiger partial charge >= 0.3 is 0 Å². The molecule has 2 aromatic rings. The molecular weight excluding hydrogens is 194 g/mol. The van der Waals surface area contributed by atoms with Gasteiger partial charge in [0, 0.05) is 6.07 Å². The largest absolute Gasteiger partial charge is 0.618 e. The third-order valence-corrected chi connectivity index (χ3v) is 2.25. The smallest absolute Gasteiger partial charge is 0.266 e. The summed E-state index contributed by atoms with van der Waals surface area (Å²) in [6, 6.07) is 7.23. The first-order valence-electron chi connectivity index (χ1n) is 4.50. The molecule has 0 fully saturated rings. The van der Waals surface area contributed by atoms with Crippen molar-refractivity contribution in [3.63, 3.8) is 0 Å². The van der Waals surface area contributed by atoms with Crippen LogP contribution in [0.5, 0.6) is 11.5 Å². The first-order valence-corrected chi connectivity index (χ1v) is 4.50. The fraction of sp³-hybridized carbons (Fsp3) is 0.182. The second-order valence-corrected chi connectivity index (χ2v) is 3.10. The third-order valence-electron chi connectivity index (χ3n) is 2.25. The summed E-state index contributed by atoms with van der Waals surface area (Å²) in [6.45, 7) is 0. The quantitative estimate of drug-likeness (QED) is 0.551. The summed E-state index contributed by atoms with van der Waals surface area (Å²) in [4.78, 5) is 0. The predicted octanol–water partition coefficient (Wildman–Crippen LogP) is 1.49. The van der Waals surface area contributed by atoms with E-state index < -0.39 is 0 Å². The average molecular weight is 205 g/mol. The molecule has 0 saturated carbocycles. The van der Waals surface area contributed by atoms with Crippen molar-refractivity contribution in [3.8, 4) is 11.5 Å². The molecule has 2 rings (SSSR count). The van der Waals surface area contributed by atoms with Crippen molar-refractivity contribution >= 4 is 10.9 Å². The van der Waals surface area contributed by atoms with Gasteiger partial charge in [-0.2, -0.15) is 4.73 Å². The zero-order valence-corrected chi connectivity index (χ0v) is 8.56. The number of hydrogen-bond donors (Lipinski definition) is 0. The Kier molecular flexibility index (Phi) is 2.33. The average Bonchev–Trinajstić information content (AvgIpc) is 2.27. The third kappa shape index (κ3) is 1.54. The van der Waals surface area contributed by atoms with E-state index in [-0.39, 0.29) is 0 Å². The first kappa shape index (κ1) is 9.58. The summed E-state index contributed by atoms with van der Waals surface area (Å²) in [5.74, 6) is 1.09. The number of pyridine rings is 1. The van der Waals surface area contributed by atoms with E-state index >= 15 is 0 Å². The minimum Gasteiger partial charge on any atom is -0.618 e. The number of nitrogens with zero attached hydrogens (tertiary/aromatic N) is 1. The van der Waals surface area contributed by atoms with Crippen molar-refractivity contribution in [3.05, 3.63) is 35.7 Å². The van der Waals surface area contributed by atoms with Crippen LogP contribution in [0.4, 0.5) is 0 Å². The Hall–Kier alpha value is -1.97. The predicted molar refractivity (Wildman–Crippen MR) is 56.0 cm³/mol. The summed E-state index contributed by atoms with van der Waals surface area (Å²) in [5, 5.41) is 12.5. The Morgan fingerprint density at radius 1 is 1.20 bits per heavy atom. The lowest BCUT2D eigenvalue weighted by Crippen LogP contribution is -2.26. The van der Waals surface area contributed by atoms with Crippen LogP contribution in [0, 0.1) is 5.21 Å². The molecule has 1 aromatic heterocycles. The van der Waals surface area contributed by atoms with E-state index in [1.165, 1.54) is 13.3 Å². The van der Waals surface area contributed by atoms with Gasteiger partial charge in [0.05, 0.1) is 19.6 Å². The molecule has 0 bridgehead atoms. The van der Waals surface area contributed by atoms with Crippen molar-refractivity contribution < 1.29 is 14.2 Å². The Bertz CT molecular complexity index is 496. The van der Waals surface area contributed by atoms with E-state index in [9.17, 15) is 5.21 Å². The van der Waals surface area contributed by atoms with Crippen molar-refractivity contribution in [1.29, 1.82) is 0 Å². The van der Waals surface area contributed by atoms with Gasteiger partial charge in [0.25, 0.3) is 5.52 Å². The maximum Gasteiger partial charge on any atom is 0.266 e. The first-order chi connectivity index (χ1) is 7.26. The highest BCUT2D eigenvalue weighted by atomic mass is 16.5. The number of benzene rings is 1. The second-order valence-electron chi connectivity index (χ2n) is 3.10. The van der Waals surface area contributed by atoms with E-state index in [2.05, 4.69) is 0 Å². The van der Waals surface area contributed by atoms with Crippen molar-refractivity contribution in [2.75, 3.05) is 14.2 Å². The Labute approximate surface area is 87.2 Å².